The Balaban J connectivity index is 1.55. The van der Waals surface area contributed by atoms with Crippen LogP contribution in [0.1, 0.15) is 24.8 Å². The molecule has 2 heterocycles. The number of nitrogens with zero attached hydrogens (tertiary/aromatic N) is 2. The summed E-state index contributed by atoms with van der Waals surface area (Å²) in [5.41, 5.74) is 0.606. The first kappa shape index (κ1) is 19.6. The van der Waals surface area contributed by atoms with Gasteiger partial charge < -0.3 is 20.1 Å². The second-order valence-corrected chi connectivity index (χ2v) is 7.87. The van der Waals surface area contributed by atoms with Crippen molar-refractivity contribution in [2.45, 2.75) is 31.3 Å². The van der Waals surface area contributed by atoms with Crippen molar-refractivity contribution in [2.24, 2.45) is 5.92 Å². The topological polar surface area (TPSA) is 82.1 Å². The number of rotatable bonds is 7. The average molecular weight is 375 g/mol. The van der Waals surface area contributed by atoms with E-state index < -0.39 is 17.4 Å². The average Bonchev–Trinajstić information content (AvgIpc) is 2.93. The summed E-state index contributed by atoms with van der Waals surface area (Å²) in [6.45, 7) is 3.87. The Bertz CT molecular complexity index is 684. The molecule has 27 heavy (non-hydrogen) atoms. The first-order valence-electron chi connectivity index (χ1n) is 9.51. The van der Waals surface area contributed by atoms with E-state index in [-0.39, 0.29) is 12.3 Å². The van der Waals surface area contributed by atoms with Gasteiger partial charge in [-0.05, 0) is 44.6 Å². The van der Waals surface area contributed by atoms with Gasteiger partial charge in [0.2, 0.25) is 5.91 Å². The Labute approximate surface area is 160 Å². The Morgan fingerprint density at radius 1 is 1.37 bits per heavy atom. The molecule has 0 aromatic heterocycles. The molecule has 1 atom stereocenters. The van der Waals surface area contributed by atoms with Crippen molar-refractivity contribution >= 4 is 11.9 Å². The summed E-state index contributed by atoms with van der Waals surface area (Å²) >= 11 is 0. The zero-order chi connectivity index (χ0) is 19.4. The number of piperidine rings is 1. The molecule has 0 bridgehead atoms. The van der Waals surface area contributed by atoms with E-state index in [1.165, 1.54) is 5.56 Å². The van der Waals surface area contributed by atoms with E-state index in [1.54, 1.807) is 0 Å². The number of likely N-dealkylation sites (N-methyl/N-ethyl adjacent to an activating group) is 1. The molecule has 2 aliphatic rings. The van der Waals surface area contributed by atoms with E-state index in [2.05, 4.69) is 27.2 Å². The number of hydrogen-bond donors (Lipinski definition) is 2. The van der Waals surface area contributed by atoms with Crippen LogP contribution >= 0.6 is 0 Å². The number of carbonyl (C=O) groups excluding carboxylic acids is 1. The van der Waals surface area contributed by atoms with Gasteiger partial charge in [-0.3, -0.25) is 14.5 Å². The van der Waals surface area contributed by atoms with Gasteiger partial charge in [-0.15, -0.1) is 0 Å². The highest BCUT2D eigenvalue weighted by Gasteiger charge is 2.51. The molecule has 3 rings (SSSR count). The summed E-state index contributed by atoms with van der Waals surface area (Å²) in [5.74, 6) is -0.750. The lowest BCUT2D eigenvalue weighted by molar-refractivity contribution is -0.144. The van der Waals surface area contributed by atoms with E-state index in [9.17, 15) is 14.7 Å². The van der Waals surface area contributed by atoms with Gasteiger partial charge in [0.15, 0.2) is 0 Å². The lowest BCUT2D eigenvalue weighted by Crippen LogP contribution is -2.55. The number of amides is 1. The molecule has 148 valence electrons. The number of carboxylic acids is 1. The monoisotopic (exact) mass is 375 g/mol. The fraction of sp³-hybridized carbons (Fsp3) is 0.600. The molecular formula is C20H29N3O4. The molecule has 1 amide bonds. The van der Waals surface area contributed by atoms with Crippen LogP contribution in [-0.2, 0) is 16.1 Å². The Morgan fingerprint density at radius 3 is 2.78 bits per heavy atom. The fourth-order valence-electron chi connectivity index (χ4n) is 4.04. The van der Waals surface area contributed by atoms with Crippen LogP contribution in [-0.4, -0.2) is 72.7 Å². The molecule has 2 aliphatic heterocycles. The number of carboxylic acid groups (broad SMARTS) is 1. The van der Waals surface area contributed by atoms with Crippen molar-refractivity contribution < 1.29 is 19.4 Å². The zero-order valence-corrected chi connectivity index (χ0v) is 16.1. The predicted molar refractivity (Wildman–Crippen MR) is 102 cm³/mol. The number of nitrogens with one attached hydrogen (secondary N) is 1. The van der Waals surface area contributed by atoms with Crippen LogP contribution in [0.25, 0.3) is 0 Å². The minimum atomic E-state index is -0.871. The molecule has 0 saturated carbocycles. The van der Waals surface area contributed by atoms with Crippen molar-refractivity contribution in [1.29, 1.82) is 0 Å². The molecular weight excluding hydrogens is 346 g/mol. The van der Waals surface area contributed by atoms with Gasteiger partial charge in [0.1, 0.15) is 12.4 Å². The molecule has 7 heteroatoms. The molecule has 1 aromatic carbocycles. The second kappa shape index (κ2) is 8.27. The summed E-state index contributed by atoms with van der Waals surface area (Å²) in [7, 11) is 4.04. The number of benzene rings is 1. The smallest absolute Gasteiger partial charge is 0.309 e. The highest BCUT2D eigenvalue weighted by atomic mass is 16.5. The normalized spacial score (nSPS) is 22.2. The number of hydrogen-bond acceptors (Lipinski definition) is 5. The lowest BCUT2D eigenvalue weighted by atomic mass is 9.77. The summed E-state index contributed by atoms with van der Waals surface area (Å²) in [4.78, 5) is 27.7. The summed E-state index contributed by atoms with van der Waals surface area (Å²) in [6, 6.07) is 8.12. The number of aliphatic carboxylic acids is 1. The minimum Gasteiger partial charge on any atom is -0.492 e. The predicted octanol–water partition coefficient (Wildman–Crippen LogP) is 1.18. The second-order valence-electron chi connectivity index (χ2n) is 7.87. The van der Waals surface area contributed by atoms with Gasteiger partial charge in [-0.2, -0.15) is 0 Å². The van der Waals surface area contributed by atoms with Gasteiger partial charge in [-0.25, -0.2) is 0 Å². The van der Waals surface area contributed by atoms with Crippen molar-refractivity contribution in [2.75, 3.05) is 40.3 Å². The van der Waals surface area contributed by atoms with Crippen LogP contribution in [0, 0.1) is 5.92 Å². The fourth-order valence-corrected chi connectivity index (χ4v) is 4.04. The van der Waals surface area contributed by atoms with E-state index in [0.717, 1.165) is 31.9 Å². The Hall–Kier alpha value is -2.12. The van der Waals surface area contributed by atoms with Crippen LogP contribution in [0.3, 0.4) is 0 Å². The molecule has 1 spiro atoms. The van der Waals surface area contributed by atoms with Crippen molar-refractivity contribution in [3.8, 4) is 5.75 Å². The van der Waals surface area contributed by atoms with Crippen molar-refractivity contribution in [3.05, 3.63) is 29.8 Å². The molecule has 0 unspecified atom stereocenters. The minimum absolute atomic E-state index is 0.0989. The molecule has 0 radical (unpaired) electrons. The largest absolute Gasteiger partial charge is 0.492 e. The third-order valence-electron chi connectivity index (χ3n) is 5.60. The van der Waals surface area contributed by atoms with Gasteiger partial charge in [0, 0.05) is 32.6 Å². The SMILES string of the molecule is CN(C)CCOc1cccc(CN2CCC3(CC2)NC(=O)C[C@H]3C(=O)O)c1. The third kappa shape index (κ3) is 4.78. The van der Waals surface area contributed by atoms with Gasteiger partial charge >= 0.3 is 5.97 Å². The van der Waals surface area contributed by atoms with E-state index in [4.69, 9.17) is 4.74 Å². The van der Waals surface area contributed by atoms with Crippen molar-refractivity contribution in [3.63, 3.8) is 0 Å². The molecule has 7 nitrogen and oxygen atoms in total. The summed E-state index contributed by atoms with van der Waals surface area (Å²) in [6.07, 6.45) is 1.45. The number of likely N-dealkylation sites (tertiary alicyclic amines) is 1. The lowest BCUT2D eigenvalue weighted by Gasteiger charge is -2.41. The van der Waals surface area contributed by atoms with Gasteiger partial charge in [-0.1, -0.05) is 12.1 Å². The molecule has 2 saturated heterocycles. The molecule has 2 fully saturated rings. The Morgan fingerprint density at radius 2 is 2.11 bits per heavy atom. The van der Waals surface area contributed by atoms with E-state index >= 15 is 0 Å². The summed E-state index contributed by atoms with van der Waals surface area (Å²) in [5, 5.41) is 12.4. The highest BCUT2D eigenvalue weighted by molar-refractivity contribution is 5.88. The maximum atomic E-state index is 11.8. The van der Waals surface area contributed by atoms with Gasteiger partial charge in [0.25, 0.3) is 0 Å². The quantitative estimate of drug-likeness (QED) is 0.745. The molecule has 0 aliphatic carbocycles. The van der Waals surface area contributed by atoms with Gasteiger partial charge in [0.05, 0.1) is 11.5 Å². The maximum Gasteiger partial charge on any atom is 0.309 e. The third-order valence-corrected chi connectivity index (χ3v) is 5.60. The number of ether oxygens (including phenoxy) is 1. The van der Waals surface area contributed by atoms with E-state index in [1.807, 2.05) is 26.2 Å². The maximum absolute atomic E-state index is 11.8. The van der Waals surface area contributed by atoms with Crippen LogP contribution in [0.5, 0.6) is 5.75 Å². The standard InChI is InChI=1S/C20H29N3O4/c1-22(2)10-11-27-16-5-3-4-15(12-16)14-23-8-6-20(7-9-23)17(19(25)26)13-18(24)21-20/h3-5,12,17H,6-11,13-14H2,1-2H3,(H,21,24)(H,25,26)/t17-/m0/s1. The Kier molecular flexibility index (Phi) is 6.01. The molecule has 2 N–H and O–H groups in total. The molecule has 1 aromatic rings. The number of carbonyl (C=O) groups is 2. The van der Waals surface area contributed by atoms with E-state index in [0.29, 0.717) is 19.4 Å². The zero-order valence-electron chi connectivity index (χ0n) is 16.1. The van der Waals surface area contributed by atoms with Crippen LogP contribution in [0.2, 0.25) is 0 Å². The highest BCUT2D eigenvalue weighted by Crippen LogP contribution is 2.37. The van der Waals surface area contributed by atoms with Crippen LogP contribution < -0.4 is 10.1 Å². The van der Waals surface area contributed by atoms with Crippen molar-refractivity contribution in [1.82, 2.24) is 15.1 Å². The van der Waals surface area contributed by atoms with Crippen LogP contribution in [0.4, 0.5) is 0 Å². The first-order valence-corrected chi connectivity index (χ1v) is 9.51. The first-order chi connectivity index (χ1) is 12.9. The van der Waals surface area contributed by atoms with Crippen LogP contribution in [0.15, 0.2) is 24.3 Å². The summed E-state index contributed by atoms with van der Waals surface area (Å²) < 4.78 is 5.80.